The highest BCUT2D eigenvalue weighted by Crippen LogP contribution is 2.24. The normalized spacial score (nSPS) is 12.8. The minimum Gasteiger partial charge on any atom is -0.489 e. The van der Waals surface area contributed by atoms with Crippen LogP contribution in [0.25, 0.3) is 0 Å². The zero-order chi connectivity index (χ0) is 25.0. The second-order valence-electron chi connectivity index (χ2n) is 7.97. The third-order valence-corrected chi connectivity index (χ3v) is 5.43. The van der Waals surface area contributed by atoms with E-state index < -0.39 is 5.97 Å². The molecule has 4 rings (SSSR count). The summed E-state index contributed by atoms with van der Waals surface area (Å²) in [6, 6.07) is 15.9. The monoisotopic (exact) mass is 473 g/mol. The van der Waals surface area contributed by atoms with Crippen molar-refractivity contribution in [1.29, 1.82) is 0 Å². The number of carboxylic acids is 1. The maximum Gasteiger partial charge on any atom is 0.304 e. The Hall–Kier alpha value is -4.22. The molecule has 2 N–H and O–H groups in total. The molecule has 3 aromatic rings. The first kappa shape index (κ1) is 25.4. The predicted octanol–water partition coefficient (Wildman–Crippen LogP) is 3.85. The molecule has 0 amide bonds. The van der Waals surface area contributed by atoms with Gasteiger partial charge in [0.1, 0.15) is 18.7 Å². The van der Waals surface area contributed by atoms with Crippen molar-refractivity contribution in [3.63, 3.8) is 0 Å². The minimum atomic E-state index is -0.858. The highest BCUT2D eigenvalue weighted by molar-refractivity contribution is 5.69. The van der Waals surface area contributed by atoms with Gasteiger partial charge in [-0.05, 0) is 35.7 Å². The summed E-state index contributed by atoms with van der Waals surface area (Å²) in [7, 11) is 0. The van der Waals surface area contributed by atoms with Crippen molar-refractivity contribution >= 4 is 12.4 Å². The summed E-state index contributed by atoms with van der Waals surface area (Å²) >= 11 is 0. The van der Waals surface area contributed by atoms with Crippen molar-refractivity contribution in [1.82, 2.24) is 14.9 Å². The molecule has 1 atom stereocenters. The molecule has 0 unspecified atom stereocenters. The summed E-state index contributed by atoms with van der Waals surface area (Å²) in [5.74, 6) is 5.35. The van der Waals surface area contributed by atoms with Gasteiger partial charge < -0.3 is 14.9 Å². The van der Waals surface area contributed by atoms with Crippen LogP contribution < -0.4 is 4.74 Å². The lowest BCUT2D eigenvalue weighted by atomic mass is 9.96. The average molecular weight is 474 g/mol. The topological polar surface area (TPSA) is 113 Å². The minimum absolute atomic E-state index is 0.0114. The molecular formula is C27H27N3O5. The highest BCUT2D eigenvalue weighted by Gasteiger charge is 2.20. The quantitative estimate of drug-likeness (QED) is 0.375. The van der Waals surface area contributed by atoms with Crippen molar-refractivity contribution < 1.29 is 24.5 Å². The Bertz CT molecular complexity index is 1180. The summed E-state index contributed by atoms with van der Waals surface area (Å²) in [5.41, 5.74) is 5.53. The molecule has 2 aromatic carbocycles. The number of carbonyl (C=O) groups is 2. The first-order valence-electron chi connectivity index (χ1n) is 11.0. The van der Waals surface area contributed by atoms with Crippen LogP contribution >= 0.6 is 0 Å². The SMILES string of the molecule is CC#C[C@@H](CC(=O)O)c1ccc(OCc2cccc(CN3Cc4cncnc4C3)c2)cc1.O=CO. The number of hydrogen-bond acceptors (Lipinski definition) is 6. The van der Waals surface area contributed by atoms with Crippen LogP contribution in [0.5, 0.6) is 5.75 Å². The molecule has 0 bridgehead atoms. The summed E-state index contributed by atoms with van der Waals surface area (Å²) < 4.78 is 5.96. The molecule has 0 spiro atoms. The van der Waals surface area contributed by atoms with Gasteiger partial charge in [-0.1, -0.05) is 42.3 Å². The lowest BCUT2D eigenvalue weighted by Crippen LogP contribution is -2.15. The number of hydrogen-bond donors (Lipinski definition) is 2. The molecule has 1 aliphatic rings. The Morgan fingerprint density at radius 2 is 1.94 bits per heavy atom. The molecule has 0 aliphatic carbocycles. The van der Waals surface area contributed by atoms with E-state index in [1.54, 1.807) is 13.3 Å². The number of fused-ring (bicyclic) bond motifs is 1. The van der Waals surface area contributed by atoms with Crippen molar-refractivity contribution in [2.45, 2.75) is 45.5 Å². The van der Waals surface area contributed by atoms with Crippen LogP contribution in [0.2, 0.25) is 0 Å². The molecule has 180 valence electrons. The fraction of sp³-hybridized carbons (Fsp3) is 0.259. The molecule has 2 heterocycles. The number of carboxylic acid groups (broad SMARTS) is 2. The lowest BCUT2D eigenvalue weighted by Gasteiger charge is -2.15. The average Bonchev–Trinajstić information content (AvgIpc) is 3.26. The van der Waals surface area contributed by atoms with Crippen molar-refractivity contribution in [3.05, 3.63) is 89.0 Å². The van der Waals surface area contributed by atoms with E-state index in [4.69, 9.17) is 19.7 Å². The lowest BCUT2D eigenvalue weighted by molar-refractivity contribution is -0.137. The molecule has 8 heteroatoms. The molecule has 0 saturated heterocycles. The molecule has 35 heavy (non-hydrogen) atoms. The van der Waals surface area contributed by atoms with Gasteiger partial charge in [0.2, 0.25) is 0 Å². The van der Waals surface area contributed by atoms with Crippen molar-refractivity contribution in [2.24, 2.45) is 0 Å². The van der Waals surface area contributed by atoms with Crippen molar-refractivity contribution in [3.8, 4) is 17.6 Å². The summed E-state index contributed by atoms with van der Waals surface area (Å²) in [4.78, 5) is 30.3. The molecule has 0 fully saturated rings. The second kappa shape index (κ2) is 12.9. The van der Waals surface area contributed by atoms with E-state index in [1.165, 1.54) is 11.1 Å². The summed E-state index contributed by atoms with van der Waals surface area (Å²) in [6.07, 6.45) is 3.50. The van der Waals surface area contributed by atoms with E-state index in [-0.39, 0.29) is 18.8 Å². The van der Waals surface area contributed by atoms with Crippen LogP contribution in [0.4, 0.5) is 0 Å². The maximum atomic E-state index is 11.1. The van der Waals surface area contributed by atoms with Gasteiger partial charge in [-0.2, -0.15) is 0 Å². The fourth-order valence-electron chi connectivity index (χ4n) is 3.92. The van der Waals surface area contributed by atoms with E-state index in [0.717, 1.165) is 42.2 Å². The number of rotatable bonds is 8. The fourth-order valence-corrected chi connectivity index (χ4v) is 3.92. The standard InChI is InChI=1S/C26H25N3O3.CH2O2/c1-2-4-22(12-26(30)31)21-7-9-24(10-8-21)32-17-20-6-3-5-19(11-20)14-29-15-23-13-27-18-28-25(23)16-29;2-1-3/h3,5-11,13,18,22H,12,14-17H2,1H3,(H,30,31);1H,(H,2,3)/t22-;/m0./s1. The first-order chi connectivity index (χ1) is 17.0. The Morgan fingerprint density at radius 3 is 2.63 bits per heavy atom. The molecule has 1 aromatic heterocycles. The van der Waals surface area contributed by atoms with Crippen molar-refractivity contribution in [2.75, 3.05) is 0 Å². The molecule has 0 saturated carbocycles. The predicted molar refractivity (Wildman–Crippen MR) is 129 cm³/mol. The van der Waals surface area contributed by atoms with E-state index in [1.807, 2.05) is 30.5 Å². The number of aliphatic carboxylic acids is 1. The Labute approximate surface area is 204 Å². The molecule has 8 nitrogen and oxygen atoms in total. The van der Waals surface area contributed by atoms with Crippen LogP contribution in [-0.2, 0) is 35.8 Å². The van der Waals surface area contributed by atoms with Gasteiger partial charge in [0.05, 0.1) is 18.0 Å². The maximum absolute atomic E-state index is 11.1. The summed E-state index contributed by atoms with van der Waals surface area (Å²) in [6.45, 7) is 4.50. The number of nitrogens with zero attached hydrogens (tertiary/aromatic N) is 3. The zero-order valence-electron chi connectivity index (χ0n) is 19.4. The van der Waals surface area contributed by atoms with Crippen LogP contribution in [0.3, 0.4) is 0 Å². The van der Waals surface area contributed by atoms with Crippen LogP contribution in [-0.4, -0.2) is 37.5 Å². The van der Waals surface area contributed by atoms with E-state index in [9.17, 15) is 4.79 Å². The van der Waals surface area contributed by atoms with Gasteiger partial charge in [-0.3, -0.25) is 14.5 Å². The van der Waals surface area contributed by atoms with Gasteiger partial charge in [0, 0.05) is 31.4 Å². The van der Waals surface area contributed by atoms with Gasteiger partial charge in [-0.15, -0.1) is 5.92 Å². The van der Waals surface area contributed by atoms with Crippen LogP contribution in [0.1, 0.15) is 47.2 Å². The van der Waals surface area contributed by atoms with Gasteiger partial charge in [0.15, 0.2) is 0 Å². The molecule has 0 radical (unpaired) electrons. The van der Waals surface area contributed by atoms with Crippen LogP contribution in [0.15, 0.2) is 61.1 Å². The van der Waals surface area contributed by atoms with E-state index in [0.29, 0.717) is 6.61 Å². The van der Waals surface area contributed by atoms with E-state index >= 15 is 0 Å². The third-order valence-electron chi connectivity index (χ3n) is 5.43. The Balaban J connectivity index is 0.00000108. The van der Waals surface area contributed by atoms with Gasteiger partial charge in [-0.25, -0.2) is 9.97 Å². The van der Waals surface area contributed by atoms with Gasteiger partial charge >= 0.3 is 5.97 Å². The van der Waals surface area contributed by atoms with Gasteiger partial charge in [0.25, 0.3) is 6.47 Å². The van der Waals surface area contributed by atoms with E-state index in [2.05, 4.69) is 51.0 Å². The third kappa shape index (κ3) is 7.66. The number of benzene rings is 2. The second-order valence-corrected chi connectivity index (χ2v) is 7.97. The van der Waals surface area contributed by atoms with Crippen LogP contribution in [0, 0.1) is 11.8 Å². The molecular weight excluding hydrogens is 446 g/mol. The highest BCUT2D eigenvalue weighted by atomic mass is 16.5. The Kier molecular flexibility index (Phi) is 9.34. The first-order valence-corrected chi connectivity index (χ1v) is 11.0. The molecule has 1 aliphatic heterocycles. The Morgan fingerprint density at radius 1 is 1.20 bits per heavy atom. The smallest absolute Gasteiger partial charge is 0.304 e. The number of ether oxygens (including phenoxy) is 1. The summed E-state index contributed by atoms with van der Waals surface area (Å²) in [5, 5.41) is 16.0. The number of aromatic nitrogens is 2. The largest absolute Gasteiger partial charge is 0.489 e. The zero-order valence-corrected chi connectivity index (χ0v) is 19.4.